The molecule has 0 amide bonds. The molecule has 2 heteroatoms. The van der Waals surface area contributed by atoms with Crippen LogP contribution in [0.1, 0.15) is 45.4 Å². The zero-order chi connectivity index (χ0) is 9.68. The maximum Gasteiger partial charge on any atom is 0.0695 e. The van der Waals surface area contributed by atoms with E-state index >= 15 is 0 Å². The monoisotopic (exact) mass is 185 g/mol. The van der Waals surface area contributed by atoms with E-state index in [4.69, 9.17) is 0 Å². The largest absolute Gasteiger partial charge is 0.391 e. The summed E-state index contributed by atoms with van der Waals surface area (Å²) in [6, 6.07) is 0.431. The highest BCUT2D eigenvalue weighted by atomic mass is 16.3. The second-order valence-corrected chi connectivity index (χ2v) is 4.25. The maximum absolute atomic E-state index is 9.80. The fraction of sp³-hybridized carbons (Fsp3) is 1.00. The number of nitrogens with zero attached hydrogens (tertiary/aromatic N) is 1. The van der Waals surface area contributed by atoms with Crippen LogP contribution >= 0.6 is 0 Å². The van der Waals surface area contributed by atoms with Crippen molar-refractivity contribution in [1.29, 1.82) is 0 Å². The van der Waals surface area contributed by atoms with Gasteiger partial charge in [-0.1, -0.05) is 26.2 Å². The van der Waals surface area contributed by atoms with Crippen molar-refractivity contribution < 1.29 is 5.11 Å². The Hall–Kier alpha value is -0.0800. The van der Waals surface area contributed by atoms with Crippen molar-refractivity contribution >= 4 is 0 Å². The molecule has 0 spiro atoms. The molecule has 0 aromatic carbocycles. The average Bonchev–Trinajstić information content (AvgIpc) is 2.15. The van der Waals surface area contributed by atoms with Crippen molar-refractivity contribution in [3.8, 4) is 0 Å². The van der Waals surface area contributed by atoms with Crippen molar-refractivity contribution in [2.45, 2.75) is 57.6 Å². The Morgan fingerprint density at radius 1 is 1.31 bits per heavy atom. The van der Waals surface area contributed by atoms with Gasteiger partial charge >= 0.3 is 0 Å². The number of likely N-dealkylation sites (N-methyl/N-ethyl adjacent to an activating group) is 1. The maximum atomic E-state index is 9.80. The molecule has 1 saturated carbocycles. The van der Waals surface area contributed by atoms with Gasteiger partial charge < -0.3 is 10.0 Å². The van der Waals surface area contributed by atoms with E-state index in [-0.39, 0.29) is 6.10 Å². The van der Waals surface area contributed by atoms with E-state index in [9.17, 15) is 5.11 Å². The third kappa shape index (κ3) is 3.28. The molecular formula is C11H23NO. The van der Waals surface area contributed by atoms with Gasteiger partial charge in [-0.3, -0.25) is 0 Å². The fourth-order valence-electron chi connectivity index (χ4n) is 2.18. The molecule has 0 aromatic heterocycles. The summed E-state index contributed by atoms with van der Waals surface area (Å²) in [7, 11) is 2.15. The molecular weight excluding hydrogens is 162 g/mol. The molecule has 1 fully saturated rings. The molecule has 2 atom stereocenters. The minimum atomic E-state index is -0.0735. The Balaban J connectivity index is 2.30. The summed E-state index contributed by atoms with van der Waals surface area (Å²) in [5.41, 5.74) is 0. The first-order valence-electron chi connectivity index (χ1n) is 5.64. The van der Waals surface area contributed by atoms with E-state index in [0.717, 1.165) is 13.0 Å². The van der Waals surface area contributed by atoms with Crippen LogP contribution in [-0.4, -0.2) is 35.7 Å². The Bertz CT molecular complexity index is 138. The number of unbranched alkanes of at least 4 members (excludes halogenated alkanes) is 1. The second-order valence-electron chi connectivity index (χ2n) is 4.25. The van der Waals surface area contributed by atoms with Crippen LogP contribution in [-0.2, 0) is 0 Å². The zero-order valence-electron chi connectivity index (χ0n) is 9.00. The Kier molecular flexibility index (Phi) is 4.74. The lowest BCUT2D eigenvalue weighted by Gasteiger charge is -2.35. The van der Waals surface area contributed by atoms with Crippen LogP contribution in [0.3, 0.4) is 0 Å². The molecule has 0 unspecified atom stereocenters. The summed E-state index contributed by atoms with van der Waals surface area (Å²) < 4.78 is 0. The third-order valence-corrected chi connectivity index (χ3v) is 3.12. The number of hydrogen-bond acceptors (Lipinski definition) is 2. The lowest BCUT2D eigenvalue weighted by molar-refractivity contribution is 0.0317. The number of aliphatic hydroxyl groups excluding tert-OH is 1. The van der Waals surface area contributed by atoms with Gasteiger partial charge in [-0.15, -0.1) is 0 Å². The molecule has 0 bridgehead atoms. The molecule has 1 aliphatic carbocycles. The summed E-state index contributed by atoms with van der Waals surface area (Å²) in [6.07, 6.45) is 7.10. The first-order valence-corrected chi connectivity index (χ1v) is 5.64. The average molecular weight is 185 g/mol. The van der Waals surface area contributed by atoms with Gasteiger partial charge in [-0.05, 0) is 32.9 Å². The van der Waals surface area contributed by atoms with Crippen LogP contribution in [0.15, 0.2) is 0 Å². The summed E-state index contributed by atoms with van der Waals surface area (Å²) >= 11 is 0. The molecule has 0 aromatic rings. The molecule has 1 rings (SSSR count). The van der Waals surface area contributed by atoms with Gasteiger partial charge in [-0.25, -0.2) is 0 Å². The van der Waals surface area contributed by atoms with Crippen LogP contribution in [0.4, 0.5) is 0 Å². The van der Waals surface area contributed by atoms with E-state index < -0.39 is 0 Å². The summed E-state index contributed by atoms with van der Waals surface area (Å²) in [6.45, 7) is 3.35. The normalized spacial score (nSPS) is 29.5. The van der Waals surface area contributed by atoms with Gasteiger partial charge in [0.05, 0.1) is 6.10 Å². The smallest absolute Gasteiger partial charge is 0.0695 e. The van der Waals surface area contributed by atoms with Gasteiger partial charge in [0.25, 0.3) is 0 Å². The van der Waals surface area contributed by atoms with E-state index in [1.54, 1.807) is 0 Å². The van der Waals surface area contributed by atoms with Gasteiger partial charge in [0.15, 0.2) is 0 Å². The quantitative estimate of drug-likeness (QED) is 0.724. The predicted octanol–water partition coefficient (Wildman–Crippen LogP) is 2.02. The molecule has 0 radical (unpaired) electrons. The Labute approximate surface area is 81.9 Å². The molecule has 1 aliphatic rings. The minimum absolute atomic E-state index is 0.0735. The van der Waals surface area contributed by atoms with E-state index in [0.29, 0.717) is 6.04 Å². The fourth-order valence-corrected chi connectivity index (χ4v) is 2.18. The number of aliphatic hydroxyl groups is 1. The second kappa shape index (κ2) is 5.61. The van der Waals surface area contributed by atoms with Crippen molar-refractivity contribution in [1.82, 2.24) is 4.90 Å². The topological polar surface area (TPSA) is 23.5 Å². The highest BCUT2D eigenvalue weighted by Crippen LogP contribution is 2.22. The van der Waals surface area contributed by atoms with E-state index in [2.05, 4.69) is 18.9 Å². The van der Waals surface area contributed by atoms with Crippen molar-refractivity contribution in [2.24, 2.45) is 0 Å². The van der Waals surface area contributed by atoms with Gasteiger partial charge in [0, 0.05) is 6.04 Å². The van der Waals surface area contributed by atoms with Gasteiger partial charge in [0.1, 0.15) is 0 Å². The first-order chi connectivity index (χ1) is 6.25. The molecule has 0 saturated heterocycles. The molecule has 78 valence electrons. The minimum Gasteiger partial charge on any atom is -0.391 e. The van der Waals surface area contributed by atoms with Crippen LogP contribution in [0, 0.1) is 0 Å². The summed E-state index contributed by atoms with van der Waals surface area (Å²) in [5.74, 6) is 0. The first kappa shape index (κ1) is 11.0. The van der Waals surface area contributed by atoms with Crippen molar-refractivity contribution in [3.63, 3.8) is 0 Å². The number of rotatable bonds is 4. The van der Waals surface area contributed by atoms with Crippen LogP contribution < -0.4 is 0 Å². The third-order valence-electron chi connectivity index (χ3n) is 3.12. The lowest BCUT2D eigenvalue weighted by Crippen LogP contribution is -2.43. The molecule has 2 nitrogen and oxygen atoms in total. The highest BCUT2D eigenvalue weighted by Gasteiger charge is 2.25. The van der Waals surface area contributed by atoms with Crippen LogP contribution in [0.2, 0.25) is 0 Å². The van der Waals surface area contributed by atoms with E-state index in [1.807, 2.05) is 0 Å². The van der Waals surface area contributed by atoms with Crippen molar-refractivity contribution in [3.05, 3.63) is 0 Å². The standard InChI is InChI=1S/C11H23NO/c1-3-4-9-12(2)10-7-5-6-8-11(10)13/h10-11,13H,3-9H2,1-2H3/t10-,11-/m1/s1. The van der Waals surface area contributed by atoms with Crippen LogP contribution in [0.5, 0.6) is 0 Å². The molecule has 0 aliphatic heterocycles. The molecule has 13 heavy (non-hydrogen) atoms. The lowest BCUT2D eigenvalue weighted by atomic mass is 9.91. The zero-order valence-corrected chi connectivity index (χ0v) is 9.00. The van der Waals surface area contributed by atoms with Gasteiger partial charge in [-0.2, -0.15) is 0 Å². The SMILES string of the molecule is CCCCN(C)[C@@H]1CCCC[C@H]1O. The van der Waals surface area contributed by atoms with E-state index in [1.165, 1.54) is 32.1 Å². The Morgan fingerprint density at radius 3 is 2.62 bits per heavy atom. The van der Waals surface area contributed by atoms with Gasteiger partial charge in [0.2, 0.25) is 0 Å². The Morgan fingerprint density at radius 2 is 2.00 bits per heavy atom. The van der Waals surface area contributed by atoms with Crippen molar-refractivity contribution in [2.75, 3.05) is 13.6 Å². The highest BCUT2D eigenvalue weighted by molar-refractivity contribution is 4.81. The predicted molar refractivity (Wildman–Crippen MR) is 55.8 cm³/mol. The molecule has 0 heterocycles. The summed E-state index contributed by atoms with van der Waals surface area (Å²) in [4.78, 5) is 2.34. The number of hydrogen-bond donors (Lipinski definition) is 1. The summed E-state index contributed by atoms with van der Waals surface area (Å²) in [5, 5.41) is 9.80. The molecule has 1 N–H and O–H groups in total. The van der Waals surface area contributed by atoms with Crippen LogP contribution in [0.25, 0.3) is 0 Å².